The molecule has 87 heavy (non-hydrogen) atoms. The number of carbonyl (C=O) groups is 9. The molecule has 0 radical (unpaired) electrons. The number of alkyl halides is 2. The van der Waals surface area contributed by atoms with Crippen LogP contribution < -0.4 is 26.0 Å². The minimum atomic E-state index is -3.19. The number of nitriles is 1. The molecule has 3 fully saturated rings. The number of nitrogens with zero attached hydrogens (tertiary/aromatic N) is 8. The van der Waals surface area contributed by atoms with E-state index in [9.17, 15) is 72.5 Å². The molecular weight excluding hydrogens is 1130 g/mol. The summed E-state index contributed by atoms with van der Waals surface area (Å²) in [5, 5.41) is 49.6. The summed E-state index contributed by atoms with van der Waals surface area (Å²) in [6.45, 7) is 3.77. The van der Waals surface area contributed by atoms with E-state index in [1.165, 1.54) is 12.3 Å². The average Bonchev–Trinajstić information content (AvgIpc) is 2.44. The van der Waals surface area contributed by atoms with Crippen LogP contribution in [0.3, 0.4) is 0 Å². The molecule has 0 aliphatic carbocycles. The van der Waals surface area contributed by atoms with Crippen LogP contribution in [0, 0.1) is 24.2 Å². The van der Waals surface area contributed by atoms with Crippen molar-refractivity contribution in [3.63, 3.8) is 0 Å². The third-order valence-electron chi connectivity index (χ3n) is 15.8. The molecule has 25 nitrogen and oxygen atoms in total. The van der Waals surface area contributed by atoms with Gasteiger partial charge in [-0.05, 0) is 101 Å². The first-order chi connectivity index (χ1) is 41.5. The highest BCUT2D eigenvalue weighted by molar-refractivity contribution is 6.07. The number of carboxylic acid groups (broad SMARTS) is 3. The second-order valence-electron chi connectivity index (χ2n) is 22.7. The number of rotatable bonds is 28. The van der Waals surface area contributed by atoms with Gasteiger partial charge in [-0.1, -0.05) is 29.8 Å². The number of pyridine rings is 1. The van der Waals surface area contributed by atoms with Crippen molar-refractivity contribution >= 4 is 64.3 Å². The van der Waals surface area contributed by atoms with E-state index >= 15 is 0 Å². The van der Waals surface area contributed by atoms with Crippen LogP contribution >= 0.6 is 0 Å². The van der Waals surface area contributed by atoms with Gasteiger partial charge in [0, 0.05) is 96.4 Å². The molecule has 1 aromatic heterocycles. The number of aliphatic carboxylic acids is 3. The van der Waals surface area contributed by atoms with Crippen LogP contribution in [0.2, 0.25) is 0 Å². The quantitative estimate of drug-likeness (QED) is 0.0510. The summed E-state index contributed by atoms with van der Waals surface area (Å²) in [7, 11) is 0. The number of aryl methyl sites for hydroxylation is 2. The first kappa shape index (κ1) is 68.2. The van der Waals surface area contributed by atoms with Crippen molar-refractivity contribution in [3.05, 3.63) is 71.4 Å². The van der Waals surface area contributed by atoms with Crippen LogP contribution in [0.25, 0.3) is 10.9 Å². The highest BCUT2D eigenvalue weighted by Gasteiger charge is 2.47. The molecule has 6 amide bonds. The first-order valence-electron chi connectivity index (χ1n) is 29.7. The van der Waals surface area contributed by atoms with Crippen LogP contribution in [0.1, 0.15) is 86.2 Å². The topological polar surface area (TPSA) is 328 Å². The van der Waals surface area contributed by atoms with Gasteiger partial charge in [-0.3, -0.25) is 67.7 Å². The third-order valence-corrected chi connectivity index (χ3v) is 15.8. The second kappa shape index (κ2) is 33.8. The van der Waals surface area contributed by atoms with Gasteiger partial charge in [-0.25, -0.2) is 8.78 Å². The van der Waals surface area contributed by atoms with Gasteiger partial charge in [0.15, 0.2) is 0 Å². The molecule has 2 aromatic carbocycles. The molecule has 0 spiro atoms. The van der Waals surface area contributed by atoms with Crippen LogP contribution in [0.5, 0.6) is 5.75 Å². The third kappa shape index (κ3) is 23.0. The number of amides is 6. The van der Waals surface area contributed by atoms with E-state index in [-0.39, 0.29) is 115 Å². The molecule has 3 saturated heterocycles. The van der Waals surface area contributed by atoms with E-state index in [1.54, 1.807) is 55.7 Å². The first-order valence-corrected chi connectivity index (χ1v) is 29.7. The van der Waals surface area contributed by atoms with Crippen LogP contribution in [0.15, 0.2) is 54.7 Å². The fourth-order valence-electron chi connectivity index (χ4n) is 10.9. The number of carboxylic acids is 3. The number of likely N-dealkylation sites (tertiary alicyclic amines) is 2. The molecule has 6 rings (SSSR count). The molecule has 27 heteroatoms. The lowest BCUT2D eigenvalue weighted by atomic mass is 9.92. The standard InChI is InChI=1S/C60H82F2N12O13/c1-41-10-12-43(13-11-41)6-3-9-51(75)65-19-4-8-50(68-52(76)36-69-23-25-70(37-54(78)79)27-29-72(39-56(82)83)30-28-71(26-24-69)38-55(80)81)58(85)67-42(2)59(86)73-21-17-44(18-22-73)7-5-31-87-46-14-15-49-48(32-46)47(16-20-64-49)57(84)66-35-53(77)74-40-60(61,62)33-45(74)34-63/h10-16,20,32,42,44-45,50H,3-9,17-19,21-31,33,35-40H2,1-2H3,(H,65,75)(H,66,84)(H,67,85)(H,68,76)(H,78,79)(H,80,81)(H,82,83)/t42-,45+,50-/m0/s1. The Hall–Kier alpha value is -7.93. The van der Waals surface area contributed by atoms with Gasteiger partial charge in [0.25, 0.3) is 11.8 Å². The van der Waals surface area contributed by atoms with Gasteiger partial charge >= 0.3 is 17.9 Å². The number of halogens is 2. The van der Waals surface area contributed by atoms with Crippen LogP contribution in [-0.2, 0) is 44.8 Å². The minimum Gasteiger partial charge on any atom is -0.494 e. The molecule has 7 N–H and O–H groups in total. The fraction of sp³-hybridized carbons (Fsp3) is 0.583. The Labute approximate surface area is 504 Å². The SMILES string of the molecule is Cc1ccc(CCCC(=O)NCCC[C@H](NC(=O)CN2CCN(CC(=O)O)CCN(CC(=O)O)CCN(CC(=O)O)CC2)C(=O)N[C@@H](C)C(=O)N2CCC(CCCOc3ccc4nccc(C(=O)NCC(=O)N5CC(F)(F)C[C@@H]5C#N)c4c3)CC2)cc1. The summed E-state index contributed by atoms with van der Waals surface area (Å²) in [5.74, 6) is -8.77. The Morgan fingerprint density at radius 1 is 0.747 bits per heavy atom. The lowest BCUT2D eigenvalue weighted by Crippen LogP contribution is -2.55. The number of ether oxygens (including phenoxy) is 1. The van der Waals surface area contributed by atoms with Crippen LogP contribution in [-0.4, -0.2) is 245 Å². The second-order valence-corrected chi connectivity index (χ2v) is 22.7. The molecule has 0 bridgehead atoms. The van der Waals surface area contributed by atoms with Gasteiger partial charge in [-0.15, -0.1) is 0 Å². The predicted octanol–water partition coefficient (Wildman–Crippen LogP) is 1.81. The zero-order valence-electron chi connectivity index (χ0n) is 49.6. The highest BCUT2D eigenvalue weighted by atomic mass is 19.3. The summed E-state index contributed by atoms with van der Waals surface area (Å²) in [5.41, 5.74) is 2.94. The summed E-state index contributed by atoms with van der Waals surface area (Å²) in [6, 6.07) is 13.0. The number of hydrogen-bond donors (Lipinski definition) is 7. The molecule has 0 saturated carbocycles. The summed E-state index contributed by atoms with van der Waals surface area (Å²) in [4.78, 5) is 130. The summed E-state index contributed by atoms with van der Waals surface area (Å²) in [6.07, 6.45) is 5.58. The minimum absolute atomic E-state index is 0.0995. The number of hydrogen-bond acceptors (Lipinski definition) is 16. The summed E-state index contributed by atoms with van der Waals surface area (Å²) < 4.78 is 33.9. The molecule has 4 heterocycles. The maximum absolute atomic E-state index is 14.1. The average molecular weight is 1220 g/mol. The monoisotopic (exact) mass is 1220 g/mol. The molecule has 474 valence electrons. The predicted molar refractivity (Wildman–Crippen MR) is 313 cm³/mol. The van der Waals surface area contributed by atoms with Crippen molar-refractivity contribution < 1.29 is 72.0 Å². The smallest absolute Gasteiger partial charge is 0.317 e. The fourth-order valence-corrected chi connectivity index (χ4v) is 10.9. The van der Waals surface area contributed by atoms with Crippen molar-refractivity contribution in [3.8, 4) is 11.8 Å². The maximum atomic E-state index is 14.1. The van der Waals surface area contributed by atoms with E-state index < -0.39 is 85.1 Å². The zero-order valence-corrected chi connectivity index (χ0v) is 49.6. The summed E-state index contributed by atoms with van der Waals surface area (Å²) >= 11 is 0. The number of carbonyl (C=O) groups excluding carboxylic acids is 6. The molecule has 3 aliphatic heterocycles. The molecule has 3 atom stereocenters. The van der Waals surface area contributed by atoms with Gasteiger partial charge in [-0.2, -0.15) is 5.26 Å². The Bertz CT molecular complexity index is 2870. The van der Waals surface area contributed by atoms with Gasteiger partial charge in [0.1, 0.15) is 23.9 Å². The van der Waals surface area contributed by atoms with Crippen molar-refractivity contribution in [2.75, 3.05) is 118 Å². The zero-order chi connectivity index (χ0) is 63.0. The van der Waals surface area contributed by atoms with Crippen molar-refractivity contribution in [1.29, 1.82) is 5.26 Å². The van der Waals surface area contributed by atoms with Gasteiger partial charge in [0.05, 0.1) is 63.0 Å². The number of piperidine rings is 1. The maximum Gasteiger partial charge on any atom is 0.317 e. The lowest BCUT2D eigenvalue weighted by Gasteiger charge is -2.34. The van der Waals surface area contributed by atoms with Crippen molar-refractivity contribution in [2.45, 2.75) is 102 Å². The Morgan fingerprint density at radius 2 is 1.34 bits per heavy atom. The van der Waals surface area contributed by atoms with E-state index in [2.05, 4.69) is 26.3 Å². The lowest BCUT2D eigenvalue weighted by molar-refractivity contribution is -0.140. The normalized spacial score (nSPS) is 18.3. The Balaban J connectivity index is 1.00. The molecule has 0 unspecified atom stereocenters. The van der Waals surface area contributed by atoms with E-state index in [0.717, 1.165) is 28.9 Å². The van der Waals surface area contributed by atoms with E-state index in [4.69, 9.17) is 4.74 Å². The largest absolute Gasteiger partial charge is 0.494 e. The molecular formula is C60H82F2N12O13. The Morgan fingerprint density at radius 3 is 1.93 bits per heavy atom. The Kier molecular flexibility index (Phi) is 26.5. The van der Waals surface area contributed by atoms with Crippen molar-refractivity contribution in [2.24, 2.45) is 5.92 Å². The van der Waals surface area contributed by atoms with E-state index in [0.29, 0.717) is 74.9 Å². The molecule has 3 aliphatic rings. The molecule has 3 aromatic rings. The van der Waals surface area contributed by atoms with Crippen molar-refractivity contribution in [1.82, 2.24) is 55.7 Å². The number of benzene rings is 2. The number of aromatic nitrogens is 1. The van der Waals surface area contributed by atoms with Gasteiger partial charge < -0.3 is 51.1 Å². The van der Waals surface area contributed by atoms with Crippen LogP contribution in [0.4, 0.5) is 8.78 Å². The van der Waals surface area contributed by atoms with Gasteiger partial charge in [0.2, 0.25) is 29.5 Å². The number of nitrogens with one attached hydrogen (secondary N) is 4. The van der Waals surface area contributed by atoms with E-state index in [1.807, 2.05) is 31.2 Å². The highest BCUT2D eigenvalue weighted by Crippen LogP contribution is 2.32. The number of fused-ring (bicyclic) bond motifs is 1.